The van der Waals surface area contributed by atoms with Crippen molar-refractivity contribution in [1.82, 2.24) is 0 Å². The van der Waals surface area contributed by atoms with Crippen LogP contribution in [0.2, 0.25) is 0 Å². The number of carbonyl (C=O) groups excluding carboxylic acids is 3. The molecule has 63 heavy (non-hydrogen) atoms. The highest BCUT2D eigenvalue weighted by Crippen LogP contribution is 2.55. The Morgan fingerprint density at radius 3 is 1.14 bits per heavy atom. The topological polar surface area (TPSA) is 115 Å². The van der Waals surface area contributed by atoms with Gasteiger partial charge in [0.2, 0.25) is 0 Å². The van der Waals surface area contributed by atoms with Crippen molar-refractivity contribution >= 4 is 29.0 Å². The van der Waals surface area contributed by atoms with Crippen LogP contribution in [0.5, 0.6) is 0 Å². The van der Waals surface area contributed by atoms with Gasteiger partial charge in [-0.2, -0.15) is 52.7 Å². The van der Waals surface area contributed by atoms with Crippen LogP contribution in [0, 0.1) is 13.8 Å². The first-order chi connectivity index (χ1) is 28.6. The summed E-state index contributed by atoms with van der Waals surface area (Å²) in [5.74, 6) is -1.70. The summed E-state index contributed by atoms with van der Waals surface area (Å²) in [4.78, 5) is 45.1. The fourth-order valence-electron chi connectivity index (χ4n) is 6.00. The maximum atomic E-state index is 14.5. The lowest BCUT2D eigenvalue weighted by molar-refractivity contribution is -0.349. The van der Waals surface area contributed by atoms with Gasteiger partial charge in [-0.1, -0.05) is 68.4 Å². The number of aryl methyl sites for hydroxylation is 4. The van der Waals surface area contributed by atoms with Gasteiger partial charge in [-0.3, -0.25) is 14.4 Å². The molecule has 0 aliphatic rings. The van der Waals surface area contributed by atoms with Gasteiger partial charge in [0.15, 0.2) is 17.3 Å². The summed E-state index contributed by atoms with van der Waals surface area (Å²) in [7, 11) is 0. The third-order valence-corrected chi connectivity index (χ3v) is 9.65. The van der Waals surface area contributed by atoms with Crippen LogP contribution in [-0.2, 0) is 30.6 Å². The molecule has 0 atom stereocenters. The molecule has 344 valence electrons. The van der Waals surface area contributed by atoms with Crippen LogP contribution in [0.15, 0.2) is 72.8 Å². The first-order valence-electron chi connectivity index (χ1n) is 18.3. The Hall–Kier alpha value is -5.82. The molecule has 6 nitrogen and oxygen atoms in total. The predicted molar refractivity (Wildman–Crippen MR) is 203 cm³/mol. The highest BCUT2D eigenvalue weighted by atomic mass is 19.4. The molecule has 0 aliphatic heterocycles. The smallest absolute Gasteiger partial charge is 0.435 e. The quantitative estimate of drug-likeness (QED) is 0.0930. The van der Waals surface area contributed by atoms with Gasteiger partial charge in [0, 0.05) is 39.9 Å². The number of carbonyl (C=O) groups is 4. The zero-order valence-electron chi connectivity index (χ0n) is 34.0. The molecule has 4 aromatic rings. The Balaban J connectivity index is 0.000000363. The molecule has 0 unspecified atom stereocenters. The number of ketones is 3. The van der Waals surface area contributed by atoms with E-state index < -0.39 is 58.9 Å². The minimum atomic E-state index is -6.21. The van der Waals surface area contributed by atoms with E-state index in [4.69, 9.17) is 10.8 Å². The average molecular weight is 916 g/mol. The van der Waals surface area contributed by atoms with Gasteiger partial charge in [-0.15, -0.1) is 0 Å². The minimum absolute atomic E-state index is 0.00758. The molecule has 0 bridgehead atoms. The second kappa shape index (κ2) is 19.7. The van der Waals surface area contributed by atoms with Gasteiger partial charge in [-0.25, -0.2) is 13.6 Å². The maximum absolute atomic E-state index is 14.5. The van der Waals surface area contributed by atoms with Crippen LogP contribution in [0.25, 0.3) is 0 Å². The van der Waals surface area contributed by atoms with Gasteiger partial charge in [0.05, 0.1) is 5.56 Å². The lowest BCUT2D eigenvalue weighted by atomic mass is 9.86. The minimum Gasteiger partial charge on any atom is -0.478 e. The third-order valence-electron chi connectivity index (χ3n) is 9.65. The number of Topliss-reactive ketones (excluding diaryl/α,β-unsaturated/α-hetero) is 3. The van der Waals surface area contributed by atoms with Crippen LogP contribution >= 0.6 is 0 Å². The molecule has 3 N–H and O–H groups in total. The van der Waals surface area contributed by atoms with Crippen molar-refractivity contribution in [3.05, 3.63) is 134 Å². The largest absolute Gasteiger partial charge is 0.478 e. The number of alkyl halides is 14. The van der Waals surface area contributed by atoms with E-state index in [0.29, 0.717) is 35.4 Å². The number of benzene rings is 4. The number of halogens is 14. The Kier molecular flexibility index (Phi) is 16.7. The fraction of sp³-hybridized carbons (Fsp3) is 0.349. The van der Waals surface area contributed by atoms with Gasteiger partial charge in [0.1, 0.15) is 0 Å². The van der Waals surface area contributed by atoms with Crippen molar-refractivity contribution in [2.24, 2.45) is 0 Å². The Morgan fingerprint density at radius 2 is 0.825 bits per heavy atom. The second-order valence-corrected chi connectivity index (χ2v) is 14.0. The van der Waals surface area contributed by atoms with Crippen LogP contribution in [0.3, 0.4) is 0 Å². The van der Waals surface area contributed by atoms with Crippen molar-refractivity contribution in [1.29, 1.82) is 0 Å². The molecule has 4 aromatic carbocycles. The molecule has 0 fully saturated rings. The van der Waals surface area contributed by atoms with E-state index in [1.807, 2.05) is 0 Å². The molecule has 0 saturated carbocycles. The molecule has 0 spiro atoms. The number of nitrogen functional groups attached to an aromatic ring is 1. The summed E-state index contributed by atoms with van der Waals surface area (Å²) < 4.78 is 183. The number of rotatable bonds is 10. The molecular weight excluding hydrogens is 876 g/mol. The number of carboxylic acid groups (broad SMARTS) is 1. The van der Waals surface area contributed by atoms with Gasteiger partial charge in [0.25, 0.3) is 0 Å². The monoisotopic (exact) mass is 915 g/mol. The fourth-order valence-corrected chi connectivity index (χ4v) is 6.00. The number of hydrogen-bond donors (Lipinski definition) is 2. The molecule has 0 aromatic heterocycles. The number of anilines is 1. The first-order valence-corrected chi connectivity index (χ1v) is 18.3. The zero-order chi connectivity index (χ0) is 48.8. The average Bonchev–Trinajstić information content (AvgIpc) is 3.17. The lowest BCUT2D eigenvalue weighted by Gasteiger charge is -2.31. The van der Waals surface area contributed by atoms with Crippen molar-refractivity contribution in [3.63, 3.8) is 0 Å². The zero-order valence-corrected chi connectivity index (χ0v) is 34.0. The van der Waals surface area contributed by atoms with E-state index in [0.717, 1.165) is 0 Å². The molecule has 0 saturated heterocycles. The molecule has 20 heteroatoms. The molecule has 0 heterocycles. The van der Waals surface area contributed by atoms with Crippen molar-refractivity contribution in [3.8, 4) is 0 Å². The predicted octanol–water partition coefficient (Wildman–Crippen LogP) is 12.5. The van der Waals surface area contributed by atoms with E-state index in [1.54, 1.807) is 0 Å². The van der Waals surface area contributed by atoms with E-state index in [1.165, 1.54) is 90.1 Å². The summed E-state index contributed by atoms with van der Waals surface area (Å²) in [5.41, 5.74) is -6.89. The summed E-state index contributed by atoms with van der Waals surface area (Å²) in [6.45, 7) is 8.23. The van der Waals surface area contributed by atoms with Crippen LogP contribution < -0.4 is 5.73 Å². The van der Waals surface area contributed by atoms with Crippen molar-refractivity contribution < 1.29 is 85.8 Å². The standard InChI is InChI=1S/C22H19F7O2.C12H12F7N.C9H8O3/c1-4-14-10-17(20(23,21(24,25)26)22(27,28)29)9-12(2)18(14)11-19(31)16-7-5-15(6-8-16)13(3)30;1-3-7-5-8(4-6(2)9(7)20)10(13,11(14,15)16)12(17,18)19;1-6(10)7-2-4-8(5-3-7)9(11)12/h5-10H,4,11H2,1-3H3;4-5H,3,20H2,1-2H3;2-5H,1H3,(H,11,12). The number of aromatic carboxylic acids is 1. The van der Waals surface area contributed by atoms with Crippen molar-refractivity contribution in [2.75, 3.05) is 5.73 Å². The van der Waals surface area contributed by atoms with Gasteiger partial charge in [-0.05, 0) is 86.6 Å². The maximum Gasteiger partial charge on any atom is 0.435 e. The Morgan fingerprint density at radius 1 is 0.508 bits per heavy atom. The van der Waals surface area contributed by atoms with E-state index in [2.05, 4.69) is 0 Å². The van der Waals surface area contributed by atoms with Crippen LogP contribution in [0.1, 0.15) is 108 Å². The van der Waals surface area contributed by atoms with Gasteiger partial charge >= 0.3 is 42.0 Å². The normalized spacial score (nSPS) is 12.4. The molecule has 4 rings (SSSR count). The molecular formula is C43H39F14NO5. The molecule has 0 aliphatic carbocycles. The summed E-state index contributed by atoms with van der Waals surface area (Å²) in [6.07, 6.45) is -24.9. The lowest BCUT2D eigenvalue weighted by Crippen LogP contribution is -2.50. The molecule has 0 radical (unpaired) electrons. The summed E-state index contributed by atoms with van der Waals surface area (Å²) >= 11 is 0. The summed E-state index contributed by atoms with van der Waals surface area (Å²) in [5, 5.41) is 8.53. The third kappa shape index (κ3) is 11.8. The highest BCUT2D eigenvalue weighted by molar-refractivity contribution is 6.00. The second-order valence-electron chi connectivity index (χ2n) is 14.0. The number of hydrogen-bond acceptors (Lipinski definition) is 5. The van der Waals surface area contributed by atoms with Crippen LogP contribution in [-0.4, -0.2) is 53.1 Å². The highest BCUT2D eigenvalue weighted by Gasteiger charge is 2.74. The summed E-state index contributed by atoms with van der Waals surface area (Å²) in [6, 6.07) is 13.6. The van der Waals surface area contributed by atoms with Crippen molar-refractivity contribution in [2.45, 2.75) is 96.8 Å². The van der Waals surface area contributed by atoms with Crippen LogP contribution in [0.4, 0.5) is 67.2 Å². The number of carboxylic acids is 1. The Labute approximate surface area is 351 Å². The van der Waals surface area contributed by atoms with E-state index in [-0.39, 0.29) is 75.5 Å². The first kappa shape index (κ1) is 53.3. The number of nitrogens with two attached hydrogens (primary N) is 1. The SMILES string of the molecule is CC(=O)c1ccc(C(=O)O)cc1.CCc1cc(C(F)(C(F)(F)F)C(F)(F)F)cc(C)c1CC(=O)c1ccc(C(C)=O)cc1.CCc1cc(C(F)(C(F)(F)F)C(F)(F)F)cc(C)c1N. The molecule has 0 amide bonds. The van der Waals surface area contributed by atoms with E-state index in [9.17, 15) is 80.6 Å². The van der Waals surface area contributed by atoms with Gasteiger partial charge < -0.3 is 10.8 Å². The Bertz CT molecular complexity index is 2230. The van der Waals surface area contributed by atoms with E-state index >= 15 is 0 Å².